The van der Waals surface area contributed by atoms with Gasteiger partial charge in [-0.05, 0) is 44.7 Å². The number of ether oxygens (including phenoxy) is 2. The van der Waals surface area contributed by atoms with E-state index in [4.69, 9.17) is 9.47 Å². The van der Waals surface area contributed by atoms with E-state index in [1.54, 1.807) is 18.2 Å². The maximum atomic E-state index is 13.1. The summed E-state index contributed by atoms with van der Waals surface area (Å²) in [6.07, 6.45) is 0. The quantitative estimate of drug-likeness (QED) is 0.687. The van der Waals surface area contributed by atoms with Crippen LogP contribution in [-0.2, 0) is 0 Å². The topological polar surface area (TPSA) is 54.0 Å². The summed E-state index contributed by atoms with van der Waals surface area (Å²) in [5.41, 5.74) is 1.68. The van der Waals surface area contributed by atoms with Gasteiger partial charge in [0.05, 0.1) is 19.3 Å². The van der Waals surface area contributed by atoms with E-state index < -0.39 is 0 Å². The molecule has 1 aliphatic heterocycles. The van der Waals surface area contributed by atoms with Gasteiger partial charge in [-0.2, -0.15) is 0 Å². The molecule has 1 N–H and O–H groups in total. The van der Waals surface area contributed by atoms with Gasteiger partial charge < -0.3 is 19.7 Å². The zero-order chi connectivity index (χ0) is 21.3. The van der Waals surface area contributed by atoms with Crippen molar-refractivity contribution in [1.29, 1.82) is 0 Å². The first-order valence-electron chi connectivity index (χ1n) is 10.8. The molecule has 0 bridgehead atoms. The molecule has 1 fully saturated rings. The van der Waals surface area contributed by atoms with Gasteiger partial charge in [-0.1, -0.05) is 30.3 Å². The SMILES string of the molecule is CCOc1ccc(C(=O)NC(CN2CCN(C)CC2)c2ccccc2)cc1OCC. The van der Waals surface area contributed by atoms with Crippen molar-refractivity contribution in [2.24, 2.45) is 0 Å². The third-order valence-electron chi connectivity index (χ3n) is 5.35. The molecule has 1 heterocycles. The zero-order valence-electron chi connectivity index (χ0n) is 18.3. The van der Waals surface area contributed by atoms with Gasteiger partial charge in [-0.15, -0.1) is 0 Å². The van der Waals surface area contributed by atoms with E-state index in [-0.39, 0.29) is 11.9 Å². The van der Waals surface area contributed by atoms with Crippen molar-refractivity contribution in [3.05, 3.63) is 59.7 Å². The normalized spacial score (nSPS) is 16.1. The number of benzene rings is 2. The highest BCUT2D eigenvalue weighted by molar-refractivity contribution is 5.95. The van der Waals surface area contributed by atoms with Gasteiger partial charge in [0.2, 0.25) is 0 Å². The minimum Gasteiger partial charge on any atom is -0.490 e. The van der Waals surface area contributed by atoms with E-state index in [1.807, 2.05) is 32.0 Å². The van der Waals surface area contributed by atoms with Gasteiger partial charge in [-0.25, -0.2) is 0 Å². The molecule has 1 unspecified atom stereocenters. The van der Waals surface area contributed by atoms with Crippen LogP contribution in [0, 0.1) is 0 Å². The number of rotatable bonds is 9. The minimum absolute atomic E-state index is 0.0794. The predicted molar refractivity (Wildman–Crippen MR) is 119 cm³/mol. The van der Waals surface area contributed by atoms with Crippen LogP contribution in [0.25, 0.3) is 0 Å². The maximum absolute atomic E-state index is 13.1. The molecule has 1 saturated heterocycles. The Labute approximate surface area is 179 Å². The molecule has 0 radical (unpaired) electrons. The van der Waals surface area contributed by atoms with Crippen LogP contribution in [0.5, 0.6) is 11.5 Å². The lowest BCUT2D eigenvalue weighted by Crippen LogP contribution is -2.47. The molecule has 1 aliphatic rings. The van der Waals surface area contributed by atoms with E-state index in [0.29, 0.717) is 30.3 Å². The fraction of sp³-hybridized carbons (Fsp3) is 0.458. The van der Waals surface area contributed by atoms with Crippen LogP contribution in [0.4, 0.5) is 0 Å². The molecular formula is C24H33N3O3. The van der Waals surface area contributed by atoms with Gasteiger partial charge in [0.15, 0.2) is 11.5 Å². The first-order valence-corrected chi connectivity index (χ1v) is 10.8. The maximum Gasteiger partial charge on any atom is 0.251 e. The van der Waals surface area contributed by atoms with E-state index in [1.165, 1.54) is 0 Å². The van der Waals surface area contributed by atoms with Crippen molar-refractivity contribution < 1.29 is 14.3 Å². The Morgan fingerprint density at radius 2 is 1.63 bits per heavy atom. The Bertz CT molecular complexity index is 805. The lowest BCUT2D eigenvalue weighted by molar-refractivity contribution is 0.0906. The predicted octanol–water partition coefficient (Wildman–Crippen LogP) is 3.20. The van der Waals surface area contributed by atoms with E-state index in [9.17, 15) is 4.79 Å². The smallest absolute Gasteiger partial charge is 0.251 e. The van der Waals surface area contributed by atoms with Gasteiger partial charge in [0, 0.05) is 38.3 Å². The summed E-state index contributed by atoms with van der Waals surface area (Å²) in [4.78, 5) is 17.9. The second-order valence-corrected chi connectivity index (χ2v) is 7.57. The molecule has 162 valence electrons. The number of nitrogens with one attached hydrogen (secondary N) is 1. The van der Waals surface area contributed by atoms with Crippen molar-refractivity contribution >= 4 is 5.91 Å². The van der Waals surface area contributed by atoms with Gasteiger partial charge in [-0.3, -0.25) is 9.69 Å². The third-order valence-corrected chi connectivity index (χ3v) is 5.35. The fourth-order valence-corrected chi connectivity index (χ4v) is 3.64. The van der Waals surface area contributed by atoms with Crippen molar-refractivity contribution in [2.75, 3.05) is 53.0 Å². The average Bonchev–Trinajstić information content (AvgIpc) is 2.77. The highest BCUT2D eigenvalue weighted by atomic mass is 16.5. The van der Waals surface area contributed by atoms with Crippen molar-refractivity contribution in [2.45, 2.75) is 19.9 Å². The number of carbonyl (C=O) groups excluding carboxylic acids is 1. The summed E-state index contributed by atoms with van der Waals surface area (Å²) in [5, 5.41) is 3.24. The number of piperazine rings is 1. The number of nitrogens with zero attached hydrogens (tertiary/aromatic N) is 2. The highest BCUT2D eigenvalue weighted by Gasteiger charge is 2.22. The summed E-state index contributed by atoms with van der Waals surface area (Å²) >= 11 is 0. The summed E-state index contributed by atoms with van der Waals surface area (Å²) in [6, 6.07) is 15.5. The molecule has 2 aromatic rings. The van der Waals surface area contributed by atoms with Crippen LogP contribution in [0.15, 0.2) is 48.5 Å². The average molecular weight is 412 g/mol. The van der Waals surface area contributed by atoms with Crippen LogP contribution in [0.2, 0.25) is 0 Å². The molecule has 3 rings (SSSR count). The molecule has 30 heavy (non-hydrogen) atoms. The Balaban J connectivity index is 1.76. The number of amides is 1. The molecule has 0 aliphatic carbocycles. The van der Waals surface area contributed by atoms with Crippen LogP contribution < -0.4 is 14.8 Å². The molecule has 2 aromatic carbocycles. The fourth-order valence-electron chi connectivity index (χ4n) is 3.64. The molecule has 0 aromatic heterocycles. The van der Waals surface area contributed by atoms with Crippen molar-refractivity contribution in [1.82, 2.24) is 15.1 Å². The first kappa shape index (κ1) is 22.1. The summed E-state index contributed by atoms with van der Waals surface area (Å²) < 4.78 is 11.3. The molecule has 1 amide bonds. The van der Waals surface area contributed by atoms with E-state index in [2.05, 4.69) is 34.3 Å². The van der Waals surface area contributed by atoms with Gasteiger partial charge in [0.25, 0.3) is 5.91 Å². The lowest BCUT2D eigenvalue weighted by atomic mass is 10.0. The van der Waals surface area contributed by atoms with Crippen molar-refractivity contribution in [3.63, 3.8) is 0 Å². The number of likely N-dealkylation sites (N-methyl/N-ethyl adjacent to an activating group) is 1. The third kappa shape index (κ3) is 5.97. The first-order chi connectivity index (χ1) is 14.6. The van der Waals surface area contributed by atoms with Crippen LogP contribution in [0.1, 0.15) is 35.8 Å². The van der Waals surface area contributed by atoms with Crippen LogP contribution in [0.3, 0.4) is 0 Å². The standard InChI is InChI=1S/C24H33N3O3/c1-4-29-22-12-11-20(17-23(22)30-5-2)24(28)25-21(19-9-7-6-8-10-19)18-27-15-13-26(3)14-16-27/h6-12,17,21H,4-5,13-16,18H2,1-3H3,(H,25,28). The molecular weight excluding hydrogens is 378 g/mol. The number of carbonyl (C=O) groups is 1. The Hall–Kier alpha value is -2.57. The minimum atomic E-state index is -0.109. The molecule has 0 saturated carbocycles. The summed E-state index contributed by atoms with van der Waals surface area (Å²) in [6.45, 7) is 9.81. The lowest BCUT2D eigenvalue weighted by Gasteiger charge is -2.35. The molecule has 0 spiro atoms. The summed E-state index contributed by atoms with van der Waals surface area (Å²) in [5.74, 6) is 1.15. The second-order valence-electron chi connectivity index (χ2n) is 7.57. The van der Waals surface area contributed by atoms with Gasteiger partial charge in [0.1, 0.15) is 0 Å². The highest BCUT2D eigenvalue weighted by Crippen LogP contribution is 2.29. The Kier molecular flexibility index (Phi) is 8.11. The Morgan fingerprint density at radius 3 is 2.30 bits per heavy atom. The monoisotopic (exact) mass is 411 g/mol. The Morgan fingerprint density at radius 1 is 0.967 bits per heavy atom. The summed E-state index contributed by atoms with van der Waals surface area (Å²) in [7, 11) is 2.15. The number of hydrogen-bond acceptors (Lipinski definition) is 5. The van der Waals surface area contributed by atoms with E-state index >= 15 is 0 Å². The molecule has 6 heteroatoms. The zero-order valence-corrected chi connectivity index (χ0v) is 18.3. The number of hydrogen-bond donors (Lipinski definition) is 1. The van der Waals surface area contributed by atoms with Gasteiger partial charge >= 0.3 is 0 Å². The largest absolute Gasteiger partial charge is 0.490 e. The molecule has 6 nitrogen and oxygen atoms in total. The van der Waals surface area contributed by atoms with Crippen molar-refractivity contribution in [3.8, 4) is 11.5 Å². The molecule has 1 atom stereocenters. The van der Waals surface area contributed by atoms with Crippen LogP contribution >= 0.6 is 0 Å². The van der Waals surface area contributed by atoms with E-state index in [0.717, 1.165) is 38.3 Å². The second kappa shape index (κ2) is 11.0. The van der Waals surface area contributed by atoms with Crippen LogP contribution in [-0.4, -0.2) is 68.7 Å².